The second kappa shape index (κ2) is 6.44. The minimum atomic E-state index is -0.316. The van der Waals surface area contributed by atoms with E-state index in [1.807, 2.05) is 12.1 Å². The van der Waals surface area contributed by atoms with E-state index in [-0.39, 0.29) is 23.7 Å². The fourth-order valence-corrected chi connectivity index (χ4v) is 2.60. The Balaban J connectivity index is 1.38. The van der Waals surface area contributed by atoms with Crippen molar-refractivity contribution in [2.75, 3.05) is 0 Å². The quantitative estimate of drug-likeness (QED) is 0.694. The van der Waals surface area contributed by atoms with E-state index < -0.39 is 0 Å². The van der Waals surface area contributed by atoms with Gasteiger partial charge in [-0.15, -0.1) is 0 Å². The zero-order chi connectivity index (χ0) is 17.2. The van der Waals surface area contributed by atoms with E-state index in [9.17, 15) is 9.90 Å². The largest absolute Gasteiger partial charge is 0.448 e. The van der Waals surface area contributed by atoms with Crippen molar-refractivity contribution in [1.82, 2.24) is 30.3 Å². The highest BCUT2D eigenvalue weighted by Crippen LogP contribution is 2.20. The van der Waals surface area contributed by atoms with Gasteiger partial charge in [0.15, 0.2) is 5.69 Å². The van der Waals surface area contributed by atoms with Crippen LogP contribution in [0, 0.1) is 0 Å². The molecule has 1 saturated carbocycles. The smallest absolute Gasteiger partial charge is 0.273 e. The number of carbonyl (C=O) groups excluding carboxylic acids is 1. The van der Waals surface area contributed by atoms with Crippen LogP contribution in [0.4, 0.5) is 0 Å². The summed E-state index contributed by atoms with van der Waals surface area (Å²) in [5.41, 5.74) is 1.74. The number of carbonyl (C=O) groups is 1. The van der Waals surface area contributed by atoms with Crippen LogP contribution in [0.25, 0.3) is 5.69 Å². The van der Waals surface area contributed by atoms with Gasteiger partial charge in [-0.1, -0.05) is 0 Å². The molecule has 3 heterocycles. The highest BCUT2D eigenvalue weighted by atomic mass is 16.3. The first kappa shape index (κ1) is 15.5. The van der Waals surface area contributed by atoms with Crippen LogP contribution in [0.15, 0.2) is 41.4 Å². The molecular weight excluding hydrogens is 324 g/mol. The van der Waals surface area contributed by atoms with E-state index in [2.05, 4.69) is 25.5 Å². The summed E-state index contributed by atoms with van der Waals surface area (Å²) in [7, 11) is 0. The van der Waals surface area contributed by atoms with Crippen molar-refractivity contribution in [1.29, 1.82) is 0 Å². The maximum absolute atomic E-state index is 12.0. The number of rotatable bonds is 5. The van der Waals surface area contributed by atoms with E-state index in [0.29, 0.717) is 25.2 Å². The average Bonchev–Trinajstić information content (AvgIpc) is 3.26. The molecule has 0 aliphatic heterocycles. The number of aliphatic hydroxyl groups is 1. The number of oxazole rings is 1. The van der Waals surface area contributed by atoms with Gasteiger partial charge < -0.3 is 14.8 Å². The van der Waals surface area contributed by atoms with Crippen molar-refractivity contribution in [3.05, 3.63) is 54.3 Å². The minimum absolute atomic E-state index is 0.00719. The van der Waals surface area contributed by atoms with Gasteiger partial charge in [-0.3, -0.25) is 9.78 Å². The summed E-state index contributed by atoms with van der Waals surface area (Å²) < 4.78 is 5.36. The van der Waals surface area contributed by atoms with Crippen LogP contribution in [0.5, 0.6) is 0 Å². The Bertz CT molecular complexity index is 852. The van der Waals surface area contributed by atoms with Gasteiger partial charge in [0.1, 0.15) is 12.0 Å². The highest BCUT2D eigenvalue weighted by Gasteiger charge is 2.29. The topological polar surface area (TPSA) is 119 Å². The lowest BCUT2D eigenvalue weighted by atomic mass is 9.89. The number of aromatic nitrogens is 5. The van der Waals surface area contributed by atoms with Crippen molar-refractivity contribution < 1.29 is 14.3 Å². The normalized spacial score (nSPS) is 19.4. The third kappa shape index (κ3) is 3.41. The van der Waals surface area contributed by atoms with Crippen molar-refractivity contribution >= 4 is 5.91 Å². The molecule has 4 rings (SSSR count). The van der Waals surface area contributed by atoms with Crippen LogP contribution in [-0.2, 0) is 6.42 Å². The first-order chi connectivity index (χ1) is 12.2. The molecule has 1 amide bonds. The summed E-state index contributed by atoms with van der Waals surface area (Å²) in [6.45, 7) is 0. The first-order valence-electron chi connectivity index (χ1n) is 7.92. The highest BCUT2D eigenvalue weighted by molar-refractivity contribution is 5.92. The van der Waals surface area contributed by atoms with Gasteiger partial charge in [0.25, 0.3) is 5.91 Å². The molecule has 0 saturated heterocycles. The number of hydrogen-bond donors (Lipinski definition) is 2. The summed E-state index contributed by atoms with van der Waals surface area (Å²) in [6, 6.07) is 3.69. The van der Waals surface area contributed by atoms with E-state index >= 15 is 0 Å². The Morgan fingerprint density at radius 3 is 2.80 bits per heavy atom. The Kier molecular flexibility index (Phi) is 3.98. The van der Waals surface area contributed by atoms with Gasteiger partial charge in [0.2, 0.25) is 5.89 Å². The standard InChI is InChI=1S/C16H16N6O3/c23-13-5-11(6-13)20-16(24)14-9-25-15(21-14)7-10-1-2-12(8-17-10)22-18-3-4-19-22/h1-4,8-9,11,13,23H,5-7H2,(H,20,24). The molecule has 9 nitrogen and oxygen atoms in total. The lowest BCUT2D eigenvalue weighted by Crippen LogP contribution is -2.46. The van der Waals surface area contributed by atoms with Crippen molar-refractivity contribution in [2.45, 2.75) is 31.4 Å². The SMILES string of the molecule is O=C(NC1CC(O)C1)c1coc(Cc2ccc(-n3nccn3)cn2)n1. The van der Waals surface area contributed by atoms with Crippen molar-refractivity contribution in [3.8, 4) is 5.69 Å². The van der Waals surface area contributed by atoms with E-state index in [0.717, 1.165) is 11.4 Å². The third-order valence-corrected chi connectivity index (χ3v) is 4.02. The number of nitrogens with zero attached hydrogens (tertiary/aromatic N) is 5. The molecule has 1 aliphatic carbocycles. The van der Waals surface area contributed by atoms with Gasteiger partial charge in [-0.2, -0.15) is 15.0 Å². The molecule has 0 spiro atoms. The Morgan fingerprint density at radius 1 is 1.32 bits per heavy atom. The molecule has 0 bridgehead atoms. The van der Waals surface area contributed by atoms with Crippen LogP contribution in [0.2, 0.25) is 0 Å². The second-order valence-corrected chi connectivity index (χ2v) is 5.93. The molecular formula is C16H16N6O3. The maximum Gasteiger partial charge on any atom is 0.273 e. The number of pyridine rings is 1. The lowest BCUT2D eigenvalue weighted by molar-refractivity contribution is 0.0560. The molecule has 9 heteroatoms. The van der Waals surface area contributed by atoms with Crippen LogP contribution < -0.4 is 5.32 Å². The lowest BCUT2D eigenvalue weighted by Gasteiger charge is -2.31. The molecule has 1 fully saturated rings. The first-order valence-corrected chi connectivity index (χ1v) is 7.92. The fourth-order valence-electron chi connectivity index (χ4n) is 2.60. The molecule has 128 valence electrons. The predicted molar refractivity (Wildman–Crippen MR) is 85.0 cm³/mol. The van der Waals surface area contributed by atoms with Crippen LogP contribution in [-0.4, -0.2) is 48.1 Å². The summed E-state index contributed by atoms with van der Waals surface area (Å²) >= 11 is 0. The van der Waals surface area contributed by atoms with E-state index in [4.69, 9.17) is 4.42 Å². The molecule has 25 heavy (non-hydrogen) atoms. The van der Waals surface area contributed by atoms with Gasteiger partial charge in [-0.05, 0) is 25.0 Å². The number of hydrogen-bond acceptors (Lipinski definition) is 7. The summed E-state index contributed by atoms with van der Waals surface area (Å²) in [5.74, 6) is 0.122. The van der Waals surface area contributed by atoms with Gasteiger partial charge >= 0.3 is 0 Å². The van der Waals surface area contributed by atoms with Crippen LogP contribution >= 0.6 is 0 Å². The predicted octanol–water partition coefficient (Wildman–Crippen LogP) is 0.494. The van der Waals surface area contributed by atoms with E-state index in [1.54, 1.807) is 18.6 Å². The number of amides is 1. The Hall–Kier alpha value is -3.07. The zero-order valence-corrected chi connectivity index (χ0v) is 13.2. The molecule has 0 radical (unpaired) electrons. The van der Waals surface area contributed by atoms with Crippen molar-refractivity contribution in [2.24, 2.45) is 0 Å². The zero-order valence-electron chi connectivity index (χ0n) is 13.2. The molecule has 0 aromatic carbocycles. The fraction of sp³-hybridized carbons (Fsp3) is 0.312. The maximum atomic E-state index is 12.0. The van der Waals surface area contributed by atoms with Gasteiger partial charge in [0.05, 0.1) is 31.1 Å². The molecule has 2 N–H and O–H groups in total. The third-order valence-electron chi connectivity index (χ3n) is 4.02. The summed E-state index contributed by atoms with van der Waals surface area (Å²) in [4.78, 5) is 22.1. The summed E-state index contributed by atoms with van der Waals surface area (Å²) in [5, 5.41) is 20.1. The Morgan fingerprint density at radius 2 is 2.12 bits per heavy atom. The van der Waals surface area contributed by atoms with Gasteiger partial charge in [-0.25, -0.2) is 4.98 Å². The average molecular weight is 340 g/mol. The second-order valence-electron chi connectivity index (χ2n) is 5.93. The Labute approximate surface area is 142 Å². The summed E-state index contributed by atoms with van der Waals surface area (Å²) in [6.07, 6.45) is 7.41. The van der Waals surface area contributed by atoms with E-state index in [1.165, 1.54) is 11.1 Å². The molecule has 1 aliphatic rings. The van der Waals surface area contributed by atoms with Crippen molar-refractivity contribution in [3.63, 3.8) is 0 Å². The van der Waals surface area contributed by atoms with Crippen LogP contribution in [0.1, 0.15) is 34.9 Å². The molecule has 0 atom stereocenters. The van der Waals surface area contributed by atoms with Gasteiger partial charge in [0, 0.05) is 11.7 Å². The molecule has 0 unspecified atom stereocenters. The number of nitrogens with one attached hydrogen (secondary N) is 1. The monoisotopic (exact) mass is 340 g/mol. The molecule has 3 aromatic rings. The van der Waals surface area contributed by atoms with Crippen LogP contribution in [0.3, 0.4) is 0 Å². The minimum Gasteiger partial charge on any atom is -0.448 e. The molecule has 3 aromatic heterocycles. The number of aliphatic hydroxyl groups excluding tert-OH is 1.